The van der Waals surface area contributed by atoms with Crippen LogP contribution in [-0.4, -0.2) is 9.13 Å². The van der Waals surface area contributed by atoms with Crippen LogP contribution < -0.4 is 0 Å². The number of para-hydroxylation sites is 2. The van der Waals surface area contributed by atoms with E-state index in [1.165, 1.54) is 77.0 Å². The van der Waals surface area contributed by atoms with Gasteiger partial charge in [-0.1, -0.05) is 127 Å². The summed E-state index contributed by atoms with van der Waals surface area (Å²) in [5, 5.41) is 5.24. The maximum Gasteiger partial charge on any atom is 0.0494 e. The summed E-state index contributed by atoms with van der Waals surface area (Å²) in [6, 6.07) is 48.4. The van der Waals surface area contributed by atoms with Crippen LogP contribution in [0.5, 0.6) is 0 Å². The van der Waals surface area contributed by atoms with Gasteiger partial charge in [0.2, 0.25) is 0 Å². The number of aromatic nitrogens is 2. The molecule has 2 nitrogen and oxygen atoms in total. The monoisotopic (exact) mass is 578 g/mol. The van der Waals surface area contributed by atoms with Gasteiger partial charge in [-0.25, -0.2) is 0 Å². The van der Waals surface area contributed by atoms with Crippen molar-refractivity contribution in [1.82, 2.24) is 9.13 Å². The van der Waals surface area contributed by atoms with Gasteiger partial charge in [-0.15, -0.1) is 0 Å². The molecule has 0 N–H and O–H groups in total. The van der Waals surface area contributed by atoms with E-state index < -0.39 is 0 Å². The molecule has 0 fully saturated rings. The highest BCUT2D eigenvalue weighted by atomic mass is 15.0. The summed E-state index contributed by atoms with van der Waals surface area (Å²) in [6.07, 6.45) is 8.81. The average Bonchev–Trinajstić information content (AvgIpc) is 3.57. The Kier molecular flexibility index (Phi) is 6.69. The molecule has 0 atom stereocenters. The zero-order valence-corrected chi connectivity index (χ0v) is 25.6. The van der Waals surface area contributed by atoms with E-state index in [9.17, 15) is 0 Å². The molecule has 0 aliphatic rings. The van der Waals surface area contributed by atoms with Gasteiger partial charge in [-0.3, -0.25) is 0 Å². The van der Waals surface area contributed by atoms with Crippen LogP contribution in [0, 0.1) is 0 Å². The molecule has 0 saturated heterocycles. The predicted molar refractivity (Wildman–Crippen MR) is 195 cm³/mol. The van der Waals surface area contributed by atoms with Crippen LogP contribution in [0.4, 0.5) is 0 Å². The molecule has 8 rings (SSSR count). The van der Waals surface area contributed by atoms with Crippen molar-refractivity contribution >= 4 is 67.9 Å². The number of hydrogen-bond acceptors (Lipinski definition) is 0. The lowest BCUT2D eigenvalue weighted by Gasteiger charge is -2.04. The topological polar surface area (TPSA) is 9.86 Å². The van der Waals surface area contributed by atoms with Gasteiger partial charge in [0.25, 0.3) is 0 Å². The first-order valence-corrected chi connectivity index (χ1v) is 15.7. The summed E-state index contributed by atoms with van der Waals surface area (Å²) >= 11 is 0. The van der Waals surface area contributed by atoms with Crippen LogP contribution in [0.25, 0.3) is 79.0 Å². The van der Waals surface area contributed by atoms with Crippen LogP contribution >= 0.6 is 0 Å². The lowest BCUT2D eigenvalue weighted by atomic mass is 10.0. The van der Waals surface area contributed by atoms with Crippen molar-refractivity contribution in [2.45, 2.75) is 13.5 Å². The molecule has 0 amide bonds. The number of aryl methyl sites for hydroxylation is 2. The van der Waals surface area contributed by atoms with Crippen molar-refractivity contribution in [3.8, 4) is 11.1 Å². The van der Waals surface area contributed by atoms with Gasteiger partial charge < -0.3 is 9.13 Å². The molecular formula is C43H34N2. The maximum atomic E-state index is 2.39. The first-order valence-electron chi connectivity index (χ1n) is 15.7. The fraction of sp³-hybridized carbons (Fsp3) is 0.0698. The summed E-state index contributed by atoms with van der Waals surface area (Å²) in [5.41, 5.74) is 12.4. The highest BCUT2D eigenvalue weighted by Crippen LogP contribution is 2.31. The Bertz CT molecular complexity index is 2390. The normalized spacial score (nSPS) is 12.1. The summed E-state index contributed by atoms with van der Waals surface area (Å²) in [4.78, 5) is 0. The van der Waals surface area contributed by atoms with Gasteiger partial charge in [0.1, 0.15) is 0 Å². The first kappa shape index (κ1) is 27.0. The number of benzene rings is 6. The second-order valence-corrected chi connectivity index (χ2v) is 11.8. The zero-order chi connectivity index (χ0) is 30.3. The Morgan fingerprint density at radius 3 is 1.53 bits per heavy atom. The summed E-state index contributed by atoms with van der Waals surface area (Å²) < 4.78 is 4.68. The fourth-order valence-corrected chi connectivity index (χ4v) is 6.76. The van der Waals surface area contributed by atoms with Crippen molar-refractivity contribution in [2.75, 3.05) is 0 Å². The van der Waals surface area contributed by atoms with E-state index >= 15 is 0 Å². The van der Waals surface area contributed by atoms with Crippen LogP contribution in [0.3, 0.4) is 0 Å². The molecule has 8 aromatic rings. The van der Waals surface area contributed by atoms with Gasteiger partial charge in [-0.2, -0.15) is 0 Å². The number of hydrogen-bond donors (Lipinski definition) is 0. The van der Waals surface area contributed by atoms with Crippen LogP contribution in [-0.2, 0) is 13.6 Å². The van der Waals surface area contributed by atoms with E-state index in [1.807, 2.05) is 0 Å². The minimum Gasteiger partial charge on any atom is -0.344 e. The molecule has 0 spiro atoms. The van der Waals surface area contributed by atoms with Gasteiger partial charge >= 0.3 is 0 Å². The smallest absolute Gasteiger partial charge is 0.0494 e. The van der Waals surface area contributed by atoms with Crippen LogP contribution in [0.2, 0.25) is 0 Å². The second kappa shape index (κ2) is 11.2. The molecule has 2 aromatic heterocycles. The molecular weight excluding hydrogens is 544 g/mol. The number of fused-ring (bicyclic) bond motifs is 6. The summed E-state index contributed by atoms with van der Waals surface area (Å²) in [6.45, 7) is 3.18. The molecule has 2 heteroatoms. The Morgan fingerprint density at radius 2 is 0.889 bits per heavy atom. The highest BCUT2D eigenvalue weighted by Gasteiger charge is 2.09. The van der Waals surface area contributed by atoms with E-state index in [0.717, 1.165) is 6.54 Å². The van der Waals surface area contributed by atoms with Crippen molar-refractivity contribution in [2.24, 2.45) is 7.05 Å². The zero-order valence-electron chi connectivity index (χ0n) is 25.6. The highest BCUT2D eigenvalue weighted by molar-refractivity contribution is 6.09. The Balaban J connectivity index is 0.977. The standard InChI is InChI=1S/C43H34N2/c1-3-45-41-11-7-5-9-37(41)39-28-32(21-27-42(39)45)14-12-30-16-22-34(23-17-30)35-24-18-31(19-25-35)13-15-33-20-26-38-36-8-4-6-10-40(36)44(2)43(38)29-33/h4-29H,3H2,1-2H3/b14-12+,15-13+. The number of rotatable bonds is 6. The SMILES string of the molecule is CCn1c2ccccc2c2cc(/C=C/c3ccc(-c4ccc(/C=C/c5ccc6c7ccccc7n(C)c6c5)cc4)cc3)ccc21. The Labute approximate surface area is 263 Å². The van der Waals surface area contributed by atoms with Crippen molar-refractivity contribution in [3.63, 3.8) is 0 Å². The van der Waals surface area contributed by atoms with Crippen molar-refractivity contribution < 1.29 is 0 Å². The minimum atomic E-state index is 0.966. The lowest BCUT2D eigenvalue weighted by molar-refractivity contribution is 0.827. The molecule has 0 radical (unpaired) electrons. The van der Waals surface area contributed by atoms with Gasteiger partial charge in [0, 0.05) is 57.2 Å². The van der Waals surface area contributed by atoms with E-state index in [1.54, 1.807) is 0 Å². The van der Waals surface area contributed by atoms with E-state index in [2.05, 4.69) is 181 Å². The van der Waals surface area contributed by atoms with Gasteiger partial charge in [-0.05, 0) is 70.6 Å². The molecule has 45 heavy (non-hydrogen) atoms. The van der Waals surface area contributed by atoms with Crippen molar-refractivity contribution in [3.05, 3.63) is 156 Å². The number of nitrogens with zero attached hydrogens (tertiary/aromatic N) is 2. The van der Waals surface area contributed by atoms with E-state index in [4.69, 9.17) is 0 Å². The van der Waals surface area contributed by atoms with Gasteiger partial charge in [0.05, 0.1) is 0 Å². The molecule has 0 bridgehead atoms. The van der Waals surface area contributed by atoms with Gasteiger partial charge in [0.15, 0.2) is 0 Å². The molecule has 0 aliphatic carbocycles. The third-order valence-electron chi connectivity index (χ3n) is 9.14. The molecule has 2 heterocycles. The molecule has 6 aromatic carbocycles. The third-order valence-corrected chi connectivity index (χ3v) is 9.14. The van der Waals surface area contributed by atoms with Crippen molar-refractivity contribution in [1.29, 1.82) is 0 Å². The average molecular weight is 579 g/mol. The predicted octanol–water partition coefficient (Wildman–Crippen LogP) is 11.5. The molecule has 0 unspecified atom stereocenters. The third kappa shape index (κ3) is 4.85. The fourth-order valence-electron chi connectivity index (χ4n) is 6.76. The summed E-state index contributed by atoms with van der Waals surface area (Å²) in [5.74, 6) is 0. The molecule has 0 aliphatic heterocycles. The second-order valence-electron chi connectivity index (χ2n) is 11.8. The van der Waals surface area contributed by atoms with Crippen LogP contribution in [0.1, 0.15) is 29.2 Å². The molecule has 0 saturated carbocycles. The largest absolute Gasteiger partial charge is 0.344 e. The van der Waals surface area contributed by atoms with E-state index in [0.29, 0.717) is 0 Å². The minimum absolute atomic E-state index is 0.966. The lowest BCUT2D eigenvalue weighted by Crippen LogP contribution is -1.92. The summed E-state index contributed by atoms with van der Waals surface area (Å²) in [7, 11) is 2.15. The first-order chi connectivity index (χ1) is 22.2. The van der Waals surface area contributed by atoms with Crippen LogP contribution in [0.15, 0.2) is 133 Å². The quantitative estimate of drug-likeness (QED) is 0.174. The van der Waals surface area contributed by atoms with E-state index in [-0.39, 0.29) is 0 Å². The Morgan fingerprint density at radius 1 is 0.422 bits per heavy atom. The molecule has 216 valence electrons. The Hall–Kier alpha value is -5.60. The maximum absolute atomic E-state index is 2.39.